The van der Waals surface area contributed by atoms with Crippen LogP contribution in [0.3, 0.4) is 0 Å². The lowest BCUT2D eigenvalue weighted by molar-refractivity contribution is 0.719. The van der Waals surface area contributed by atoms with Gasteiger partial charge in [-0.1, -0.05) is 13.8 Å². The fourth-order valence-corrected chi connectivity index (χ4v) is 2.85. The lowest BCUT2D eigenvalue weighted by Crippen LogP contribution is -1.96. The van der Waals surface area contributed by atoms with Gasteiger partial charge in [-0.15, -0.1) is 0 Å². The Kier molecular flexibility index (Phi) is 4.32. The Hall–Kier alpha value is 0.0400. The summed E-state index contributed by atoms with van der Waals surface area (Å²) in [5.74, 6) is 2.19. The zero-order valence-electron chi connectivity index (χ0n) is 8.30. The van der Waals surface area contributed by atoms with Crippen LogP contribution in [0.2, 0.25) is 0 Å². The normalized spacial score (nSPS) is 10.8. The lowest BCUT2D eigenvalue weighted by Gasteiger charge is -2.00. The van der Waals surface area contributed by atoms with Gasteiger partial charge in [0, 0.05) is 12.8 Å². The molecular formula is C9H15BrN2S. The average Bonchev–Trinajstić information content (AvgIpc) is 2.39. The Bertz CT molecular complexity index is 283. The van der Waals surface area contributed by atoms with Crippen LogP contribution < -0.4 is 0 Å². The SMILES string of the molecule is CCSCc1c(Br)c(CC)nn1C. The molecule has 0 amide bonds. The number of aromatic nitrogens is 2. The van der Waals surface area contributed by atoms with Crippen LogP contribution in [0.5, 0.6) is 0 Å². The molecule has 1 aromatic rings. The Morgan fingerprint density at radius 3 is 2.62 bits per heavy atom. The smallest absolute Gasteiger partial charge is 0.0767 e. The molecule has 0 saturated heterocycles. The summed E-state index contributed by atoms with van der Waals surface area (Å²) < 4.78 is 3.17. The van der Waals surface area contributed by atoms with Gasteiger partial charge in [-0.3, -0.25) is 4.68 Å². The molecule has 1 aromatic heterocycles. The first-order chi connectivity index (χ1) is 6.20. The third-order valence-corrected chi connectivity index (χ3v) is 3.75. The van der Waals surface area contributed by atoms with E-state index in [1.165, 1.54) is 10.2 Å². The van der Waals surface area contributed by atoms with Crippen molar-refractivity contribution >= 4 is 27.7 Å². The van der Waals surface area contributed by atoms with E-state index in [0.717, 1.165) is 23.6 Å². The monoisotopic (exact) mass is 262 g/mol. The second-order valence-electron chi connectivity index (χ2n) is 2.82. The fraction of sp³-hybridized carbons (Fsp3) is 0.667. The van der Waals surface area contributed by atoms with Gasteiger partial charge in [-0.25, -0.2) is 0 Å². The minimum atomic E-state index is 0.991. The summed E-state index contributed by atoms with van der Waals surface area (Å²) in [6.45, 7) is 4.31. The van der Waals surface area contributed by atoms with Gasteiger partial charge < -0.3 is 0 Å². The molecule has 0 aliphatic heterocycles. The van der Waals surface area contributed by atoms with E-state index in [9.17, 15) is 0 Å². The highest BCUT2D eigenvalue weighted by Crippen LogP contribution is 2.24. The van der Waals surface area contributed by atoms with Gasteiger partial charge in [-0.2, -0.15) is 16.9 Å². The second-order valence-corrected chi connectivity index (χ2v) is 4.89. The summed E-state index contributed by atoms with van der Waals surface area (Å²) >= 11 is 5.52. The quantitative estimate of drug-likeness (QED) is 0.831. The van der Waals surface area contributed by atoms with E-state index in [1.807, 2.05) is 23.5 Å². The minimum Gasteiger partial charge on any atom is -0.270 e. The molecule has 0 bridgehead atoms. The topological polar surface area (TPSA) is 17.8 Å². The Morgan fingerprint density at radius 1 is 1.46 bits per heavy atom. The number of halogens is 1. The summed E-state index contributed by atoms with van der Waals surface area (Å²) in [7, 11) is 2.01. The van der Waals surface area contributed by atoms with Crippen LogP contribution in [0.1, 0.15) is 25.2 Å². The lowest BCUT2D eigenvalue weighted by atomic mass is 10.3. The second kappa shape index (κ2) is 5.05. The van der Waals surface area contributed by atoms with Crippen molar-refractivity contribution < 1.29 is 0 Å². The van der Waals surface area contributed by atoms with Crippen LogP contribution in [-0.2, 0) is 19.2 Å². The summed E-state index contributed by atoms with van der Waals surface area (Å²) in [5.41, 5.74) is 2.46. The predicted octanol–water partition coefficient (Wildman–Crippen LogP) is 3.00. The molecule has 74 valence electrons. The van der Waals surface area contributed by atoms with E-state index in [2.05, 4.69) is 34.9 Å². The number of nitrogens with zero attached hydrogens (tertiary/aromatic N) is 2. The number of aryl methyl sites for hydroxylation is 2. The number of hydrogen-bond donors (Lipinski definition) is 0. The van der Waals surface area contributed by atoms with Crippen molar-refractivity contribution in [3.63, 3.8) is 0 Å². The third-order valence-electron chi connectivity index (χ3n) is 1.95. The molecule has 0 radical (unpaired) electrons. The summed E-state index contributed by atoms with van der Waals surface area (Å²) in [4.78, 5) is 0. The van der Waals surface area contributed by atoms with E-state index in [1.54, 1.807) is 0 Å². The van der Waals surface area contributed by atoms with E-state index >= 15 is 0 Å². The molecule has 0 aliphatic carbocycles. The number of rotatable bonds is 4. The number of thioether (sulfide) groups is 1. The Labute approximate surface area is 92.2 Å². The predicted molar refractivity (Wildman–Crippen MR) is 62.1 cm³/mol. The average molecular weight is 263 g/mol. The molecule has 0 aromatic carbocycles. The van der Waals surface area contributed by atoms with Crippen LogP contribution in [0, 0.1) is 0 Å². The largest absolute Gasteiger partial charge is 0.270 e. The first-order valence-corrected chi connectivity index (χ1v) is 6.43. The van der Waals surface area contributed by atoms with Crippen LogP contribution >= 0.6 is 27.7 Å². The molecular weight excluding hydrogens is 248 g/mol. The zero-order valence-corrected chi connectivity index (χ0v) is 10.7. The van der Waals surface area contributed by atoms with Crippen molar-refractivity contribution in [2.75, 3.05) is 5.75 Å². The van der Waals surface area contributed by atoms with Gasteiger partial charge in [0.1, 0.15) is 0 Å². The summed E-state index contributed by atoms with van der Waals surface area (Å²) in [6.07, 6.45) is 0.991. The molecule has 1 rings (SSSR count). The van der Waals surface area contributed by atoms with Crippen LogP contribution in [0.4, 0.5) is 0 Å². The molecule has 0 aliphatic rings. The molecule has 0 atom stereocenters. The van der Waals surface area contributed by atoms with Crippen molar-refractivity contribution in [3.8, 4) is 0 Å². The fourth-order valence-electron chi connectivity index (χ4n) is 1.18. The van der Waals surface area contributed by atoms with Crippen LogP contribution in [0.15, 0.2) is 4.47 Å². The van der Waals surface area contributed by atoms with E-state index in [4.69, 9.17) is 0 Å². The highest BCUT2D eigenvalue weighted by atomic mass is 79.9. The van der Waals surface area contributed by atoms with Gasteiger partial charge in [-0.05, 0) is 28.1 Å². The van der Waals surface area contributed by atoms with Crippen LogP contribution in [0.25, 0.3) is 0 Å². The third kappa shape index (κ3) is 2.50. The van der Waals surface area contributed by atoms with Gasteiger partial charge in [0.2, 0.25) is 0 Å². The van der Waals surface area contributed by atoms with Crippen LogP contribution in [-0.4, -0.2) is 15.5 Å². The summed E-state index contributed by atoms with van der Waals surface area (Å²) in [6, 6.07) is 0. The van der Waals surface area contributed by atoms with Gasteiger partial charge in [0.05, 0.1) is 15.9 Å². The molecule has 2 nitrogen and oxygen atoms in total. The molecule has 0 N–H and O–H groups in total. The molecule has 0 fully saturated rings. The van der Waals surface area contributed by atoms with Crippen molar-refractivity contribution in [3.05, 3.63) is 15.9 Å². The highest BCUT2D eigenvalue weighted by Gasteiger charge is 2.11. The maximum Gasteiger partial charge on any atom is 0.0767 e. The maximum absolute atomic E-state index is 4.44. The molecule has 1 heterocycles. The van der Waals surface area contributed by atoms with Gasteiger partial charge >= 0.3 is 0 Å². The number of hydrogen-bond acceptors (Lipinski definition) is 2. The Morgan fingerprint density at radius 2 is 2.15 bits per heavy atom. The maximum atomic E-state index is 4.44. The van der Waals surface area contributed by atoms with Gasteiger partial charge in [0.25, 0.3) is 0 Å². The van der Waals surface area contributed by atoms with Crippen molar-refractivity contribution in [1.29, 1.82) is 0 Å². The van der Waals surface area contributed by atoms with Gasteiger partial charge in [0.15, 0.2) is 0 Å². The molecule has 0 spiro atoms. The molecule has 0 saturated carbocycles. The first kappa shape index (κ1) is 11.1. The Balaban J connectivity index is 2.85. The van der Waals surface area contributed by atoms with E-state index in [-0.39, 0.29) is 0 Å². The zero-order chi connectivity index (χ0) is 9.84. The summed E-state index contributed by atoms with van der Waals surface area (Å²) in [5, 5.41) is 4.44. The molecule has 0 unspecified atom stereocenters. The van der Waals surface area contributed by atoms with Crippen molar-refractivity contribution in [2.24, 2.45) is 7.05 Å². The minimum absolute atomic E-state index is 0.991. The van der Waals surface area contributed by atoms with E-state index in [0.29, 0.717) is 0 Å². The first-order valence-electron chi connectivity index (χ1n) is 4.48. The molecule has 4 heteroatoms. The van der Waals surface area contributed by atoms with E-state index < -0.39 is 0 Å². The van der Waals surface area contributed by atoms with Crippen molar-refractivity contribution in [1.82, 2.24) is 9.78 Å². The standard InChI is InChI=1S/C9H15BrN2S/c1-4-7-9(10)8(6-13-5-2)12(3)11-7/h4-6H2,1-3H3. The highest BCUT2D eigenvalue weighted by molar-refractivity contribution is 9.10. The van der Waals surface area contributed by atoms with Crippen molar-refractivity contribution in [2.45, 2.75) is 26.0 Å². The molecule has 13 heavy (non-hydrogen) atoms.